The minimum Gasteiger partial charge on any atom is -0.478 e. The van der Waals surface area contributed by atoms with Crippen LogP contribution < -0.4 is 16.6 Å². The molecule has 7 nitrogen and oxygen atoms in total. The maximum Gasteiger partial charge on any atom is 0.339 e. The van der Waals surface area contributed by atoms with Crippen molar-refractivity contribution < 1.29 is 14.7 Å². The van der Waals surface area contributed by atoms with E-state index in [0.717, 1.165) is 28.8 Å². The van der Waals surface area contributed by atoms with Gasteiger partial charge in [0, 0.05) is 23.8 Å². The van der Waals surface area contributed by atoms with Gasteiger partial charge >= 0.3 is 5.97 Å². The second-order valence-electron chi connectivity index (χ2n) is 7.27. The van der Waals surface area contributed by atoms with E-state index >= 15 is 0 Å². The fourth-order valence-corrected chi connectivity index (χ4v) is 4.44. The molecule has 0 spiro atoms. The summed E-state index contributed by atoms with van der Waals surface area (Å²) in [7, 11) is 0. The fraction of sp³-hybridized carbons (Fsp3) is 0.389. The van der Waals surface area contributed by atoms with Crippen LogP contribution in [0, 0.1) is 5.41 Å². The van der Waals surface area contributed by atoms with Crippen LogP contribution in [0.4, 0.5) is 5.00 Å². The number of fused-ring (bicyclic) bond motifs is 1. The summed E-state index contributed by atoms with van der Waals surface area (Å²) < 4.78 is 0. The number of nitrogens with two attached hydrogens (primary N) is 1. The maximum absolute atomic E-state index is 12.6. The van der Waals surface area contributed by atoms with Crippen LogP contribution in [-0.2, 0) is 19.4 Å². The van der Waals surface area contributed by atoms with Gasteiger partial charge in [-0.3, -0.25) is 21.0 Å². The molecule has 0 saturated carbocycles. The quantitative estimate of drug-likeness (QED) is 0.472. The van der Waals surface area contributed by atoms with Gasteiger partial charge in [0.25, 0.3) is 5.91 Å². The Morgan fingerprint density at radius 2 is 2.15 bits per heavy atom. The van der Waals surface area contributed by atoms with E-state index in [4.69, 9.17) is 5.84 Å². The molecule has 138 valence electrons. The predicted octanol–water partition coefficient (Wildman–Crippen LogP) is 2.57. The van der Waals surface area contributed by atoms with E-state index in [1.165, 1.54) is 17.5 Å². The molecular weight excluding hydrogens is 352 g/mol. The third kappa shape index (κ3) is 3.77. The number of aryl methyl sites for hydroxylation is 1. The van der Waals surface area contributed by atoms with Crippen LogP contribution in [-0.4, -0.2) is 22.0 Å². The van der Waals surface area contributed by atoms with Crippen LogP contribution in [0.2, 0.25) is 0 Å². The number of thiophene rings is 1. The summed E-state index contributed by atoms with van der Waals surface area (Å²) in [4.78, 5) is 29.5. The lowest BCUT2D eigenvalue weighted by atomic mass is 9.76. The molecule has 2 aromatic rings. The molecule has 3 rings (SSSR count). The summed E-state index contributed by atoms with van der Waals surface area (Å²) in [5.74, 6) is 3.92. The summed E-state index contributed by atoms with van der Waals surface area (Å²) in [6.45, 7) is 4.66. The SMILES string of the molecule is CC1(C)CCc2sc(NC(=O)c3cncc(CNN)c3)c(C(=O)O)c2C1. The van der Waals surface area contributed by atoms with Gasteiger partial charge in [-0.2, -0.15) is 0 Å². The highest BCUT2D eigenvalue weighted by atomic mass is 32.1. The first-order valence-corrected chi connectivity index (χ1v) is 9.19. The molecule has 0 unspecified atom stereocenters. The van der Waals surface area contributed by atoms with Gasteiger partial charge in [-0.25, -0.2) is 4.79 Å². The molecule has 0 aromatic carbocycles. The van der Waals surface area contributed by atoms with Crippen LogP contribution in [0.5, 0.6) is 0 Å². The number of carbonyl (C=O) groups is 2. The first-order valence-electron chi connectivity index (χ1n) is 8.37. The van der Waals surface area contributed by atoms with Crippen molar-refractivity contribution in [2.45, 2.75) is 39.7 Å². The average Bonchev–Trinajstić information content (AvgIpc) is 2.91. The van der Waals surface area contributed by atoms with Crippen molar-refractivity contribution in [3.8, 4) is 0 Å². The number of carboxylic acids is 1. The van der Waals surface area contributed by atoms with Crippen molar-refractivity contribution in [3.05, 3.63) is 45.6 Å². The third-order valence-electron chi connectivity index (χ3n) is 4.58. The van der Waals surface area contributed by atoms with Gasteiger partial charge in [-0.1, -0.05) is 13.8 Å². The van der Waals surface area contributed by atoms with Crippen LogP contribution >= 0.6 is 11.3 Å². The summed E-state index contributed by atoms with van der Waals surface area (Å²) in [6.07, 6.45) is 5.61. The van der Waals surface area contributed by atoms with Crippen molar-refractivity contribution in [3.63, 3.8) is 0 Å². The molecule has 0 fully saturated rings. The molecule has 2 aromatic heterocycles. The number of nitrogens with one attached hydrogen (secondary N) is 2. The zero-order chi connectivity index (χ0) is 18.9. The molecule has 26 heavy (non-hydrogen) atoms. The monoisotopic (exact) mass is 374 g/mol. The van der Waals surface area contributed by atoms with E-state index in [1.54, 1.807) is 12.3 Å². The van der Waals surface area contributed by atoms with E-state index in [-0.39, 0.29) is 16.9 Å². The van der Waals surface area contributed by atoms with Gasteiger partial charge < -0.3 is 10.4 Å². The number of pyridine rings is 1. The summed E-state index contributed by atoms with van der Waals surface area (Å²) >= 11 is 1.36. The van der Waals surface area contributed by atoms with Gasteiger partial charge in [0.05, 0.1) is 11.1 Å². The summed E-state index contributed by atoms with van der Waals surface area (Å²) in [6, 6.07) is 1.68. The smallest absolute Gasteiger partial charge is 0.339 e. The number of aromatic nitrogens is 1. The van der Waals surface area contributed by atoms with Gasteiger partial charge in [0.15, 0.2) is 0 Å². The Kier molecular flexibility index (Phi) is 5.08. The highest BCUT2D eigenvalue weighted by Crippen LogP contribution is 2.43. The lowest BCUT2D eigenvalue weighted by molar-refractivity contribution is 0.0696. The number of hydrazine groups is 1. The summed E-state index contributed by atoms with van der Waals surface area (Å²) in [5, 5.41) is 12.9. The Morgan fingerprint density at radius 1 is 1.38 bits per heavy atom. The minimum absolute atomic E-state index is 0.0625. The Balaban J connectivity index is 1.90. The number of hydrogen-bond acceptors (Lipinski definition) is 6. The maximum atomic E-state index is 12.6. The number of rotatable bonds is 5. The van der Waals surface area contributed by atoms with Crippen LogP contribution in [0.15, 0.2) is 18.5 Å². The molecule has 0 aliphatic heterocycles. The zero-order valence-corrected chi connectivity index (χ0v) is 15.6. The summed E-state index contributed by atoms with van der Waals surface area (Å²) in [5.41, 5.74) is 4.79. The Hall–Kier alpha value is -2.29. The van der Waals surface area contributed by atoms with Crippen molar-refractivity contribution in [1.82, 2.24) is 10.4 Å². The number of carboxylic acid groups (broad SMARTS) is 1. The molecule has 0 atom stereocenters. The predicted molar refractivity (Wildman–Crippen MR) is 100 cm³/mol. The van der Waals surface area contributed by atoms with Gasteiger partial charge in [-0.15, -0.1) is 11.3 Å². The van der Waals surface area contributed by atoms with E-state index in [2.05, 4.69) is 29.6 Å². The largest absolute Gasteiger partial charge is 0.478 e. The molecule has 1 aliphatic carbocycles. The van der Waals surface area contributed by atoms with E-state index in [0.29, 0.717) is 23.5 Å². The molecule has 5 N–H and O–H groups in total. The lowest BCUT2D eigenvalue weighted by Crippen LogP contribution is -2.23. The number of nitrogens with zero attached hydrogens (tertiary/aromatic N) is 1. The molecule has 8 heteroatoms. The molecule has 0 bridgehead atoms. The molecule has 1 aliphatic rings. The van der Waals surface area contributed by atoms with E-state index in [1.807, 2.05) is 0 Å². The molecule has 1 amide bonds. The van der Waals surface area contributed by atoms with Crippen molar-refractivity contribution in [1.29, 1.82) is 0 Å². The number of carbonyl (C=O) groups excluding carboxylic acids is 1. The van der Waals surface area contributed by atoms with Crippen LogP contribution in [0.3, 0.4) is 0 Å². The van der Waals surface area contributed by atoms with E-state index < -0.39 is 5.97 Å². The molecular formula is C18H22N4O3S. The van der Waals surface area contributed by atoms with Gasteiger partial charge in [-0.05, 0) is 41.9 Å². The second-order valence-corrected chi connectivity index (χ2v) is 8.38. The van der Waals surface area contributed by atoms with Crippen LogP contribution in [0.25, 0.3) is 0 Å². The molecule has 0 saturated heterocycles. The Labute approximate surface area is 155 Å². The van der Waals surface area contributed by atoms with Crippen LogP contribution in [0.1, 0.15) is 57.0 Å². The van der Waals surface area contributed by atoms with Gasteiger partial charge in [0.2, 0.25) is 0 Å². The highest BCUT2D eigenvalue weighted by Gasteiger charge is 2.33. The molecule has 0 radical (unpaired) electrons. The minimum atomic E-state index is -1.00. The Morgan fingerprint density at radius 3 is 2.85 bits per heavy atom. The number of anilines is 1. The molecule has 2 heterocycles. The van der Waals surface area contributed by atoms with Crippen molar-refractivity contribution in [2.75, 3.05) is 5.32 Å². The first kappa shape index (κ1) is 18.5. The fourth-order valence-electron chi connectivity index (χ4n) is 3.24. The first-order chi connectivity index (χ1) is 12.3. The highest BCUT2D eigenvalue weighted by molar-refractivity contribution is 7.17. The zero-order valence-electron chi connectivity index (χ0n) is 14.8. The lowest BCUT2D eigenvalue weighted by Gasteiger charge is -2.29. The average molecular weight is 374 g/mol. The van der Waals surface area contributed by atoms with Crippen molar-refractivity contribution in [2.24, 2.45) is 11.3 Å². The number of aromatic carboxylic acids is 1. The van der Waals surface area contributed by atoms with Gasteiger partial charge in [0.1, 0.15) is 5.00 Å². The number of hydrogen-bond donors (Lipinski definition) is 4. The van der Waals surface area contributed by atoms with Crippen molar-refractivity contribution >= 4 is 28.2 Å². The topological polar surface area (TPSA) is 117 Å². The Bertz CT molecular complexity index is 860. The van der Waals surface area contributed by atoms with E-state index in [9.17, 15) is 14.7 Å². The number of amides is 1. The normalized spacial score (nSPS) is 15.3. The third-order valence-corrected chi connectivity index (χ3v) is 5.79. The second kappa shape index (κ2) is 7.14. The standard InChI is InChI=1S/C18H22N4O3S/c1-18(2)4-3-13-12(6-18)14(17(24)25)16(26-13)22-15(23)11-5-10(8-21-19)7-20-9-11/h5,7,9,21H,3-4,6,8,19H2,1-2H3,(H,22,23)(H,24,25).